The summed E-state index contributed by atoms with van der Waals surface area (Å²) in [5, 5.41) is 30.1. The summed E-state index contributed by atoms with van der Waals surface area (Å²) in [5.74, 6) is -0.0239. The van der Waals surface area contributed by atoms with Gasteiger partial charge in [0, 0.05) is 5.56 Å². The molecular formula is C28H40O6. The second-order valence-corrected chi connectivity index (χ2v) is 8.68. The Morgan fingerprint density at radius 2 is 1.50 bits per heavy atom. The quantitative estimate of drug-likeness (QED) is 0.143. The van der Waals surface area contributed by atoms with Gasteiger partial charge in [-0.05, 0) is 55.9 Å². The Balaban J connectivity index is 1.80. The third-order valence-electron chi connectivity index (χ3n) is 5.89. The van der Waals surface area contributed by atoms with Gasteiger partial charge in [0.05, 0.1) is 13.2 Å². The first-order valence-corrected chi connectivity index (χ1v) is 12.6. The lowest BCUT2D eigenvalue weighted by molar-refractivity contribution is 0.0494. The summed E-state index contributed by atoms with van der Waals surface area (Å²) >= 11 is 0. The highest BCUT2D eigenvalue weighted by Gasteiger charge is 2.19. The normalized spacial score (nSPS) is 10.9. The van der Waals surface area contributed by atoms with E-state index in [0.717, 1.165) is 63.4 Å². The summed E-state index contributed by atoms with van der Waals surface area (Å²) in [7, 11) is 0. The Hall–Kier alpha value is -2.89. The van der Waals surface area contributed by atoms with Crippen LogP contribution in [0.3, 0.4) is 0 Å². The standard InChI is InChI=1S/C28H40O6/c1-3-5-6-10-20-34-28(32)23-17-18-25(22(13-4-2)27(23)31)33-19-11-8-7-9-14-21-15-12-16-24(29)26(21)30/h12,15-18,29-31H,3-11,13-14,19-20H2,1-2H3. The molecule has 0 bridgehead atoms. The minimum atomic E-state index is -0.490. The van der Waals surface area contributed by atoms with Crippen LogP contribution in [-0.2, 0) is 17.6 Å². The van der Waals surface area contributed by atoms with Crippen LogP contribution in [0.1, 0.15) is 93.1 Å². The summed E-state index contributed by atoms with van der Waals surface area (Å²) in [6.07, 6.45) is 9.98. The lowest BCUT2D eigenvalue weighted by Crippen LogP contribution is -2.09. The van der Waals surface area contributed by atoms with Crippen LogP contribution >= 0.6 is 0 Å². The van der Waals surface area contributed by atoms with E-state index in [1.165, 1.54) is 6.07 Å². The van der Waals surface area contributed by atoms with Crippen molar-refractivity contribution in [3.8, 4) is 23.0 Å². The molecule has 34 heavy (non-hydrogen) atoms. The molecule has 6 nitrogen and oxygen atoms in total. The number of hydrogen-bond donors (Lipinski definition) is 3. The Morgan fingerprint density at radius 1 is 0.765 bits per heavy atom. The predicted octanol–water partition coefficient (Wildman–Crippen LogP) is 6.67. The Labute approximate surface area is 203 Å². The largest absolute Gasteiger partial charge is 0.507 e. The zero-order valence-corrected chi connectivity index (χ0v) is 20.6. The molecule has 0 amide bonds. The molecule has 2 rings (SSSR count). The van der Waals surface area contributed by atoms with Crippen molar-refractivity contribution in [2.75, 3.05) is 13.2 Å². The van der Waals surface area contributed by atoms with Gasteiger partial charge in [-0.25, -0.2) is 4.79 Å². The molecular weight excluding hydrogens is 432 g/mol. The Bertz CT molecular complexity index is 893. The number of phenols is 3. The van der Waals surface area contributed by atoms with E-state index in [0.29, 0.717) is 37.4 Å². The molecule has 0 aliphatic carbocycles. The van der Waals surface area contributed by atoms with Crippen LogP contribution in [0.25, 0.3) is 0 Å². The van der Waals surface area contributed by atoms with Gasteiger partial charge >= 0.3 is 5.97 Å². The number of benzene rings is 2. The number of aryl methyl sites for hydroxylation is 1. The van der Waals surface area contributed by atoms with Crippen molar-refractivity contribution < 1.29 is 29.6 Å². The van der Waals surface area contributed by atoms with Crippen LogP contribution in [0, 0.1) is 0 Å². The molecule has 0 fully saturated rings. The molecule has 0 unspecified atom stereocenters. The fourth-order valence-electron chi connectivity index (χ4n) is 3.91. The minimum Gasteiger partial charge on any atom is -0.507 e. The number of aromatic hydroxyl groups is 3. The maximum atomic E-state index is 12.4. The van der Waals surface area contributed by atoms with E-state index in [9.17, 15) is 20.1 Å². The third kappa shape index (κ3) is 8.47. The van der Waals surface area contributed by atoms with Crippen LogP contribution in [0.5, 0.6) is 23.0 Å². The van der Waals surface area contributed by atoms with Crippen LogP contribution < -0.4 is 4.74 Å². The second kappa shape index (κ2) is 15.1. The SMILES string of the molecule is CCCCCCOC(=O)c1ccc(OCCCCCCc2cccc(O)c2O)c(CCC)c1O. The highest BCUT2D eigenvalue weighted by Crippen LogP contribution is 2.33. The Kier molecular flexibility index (Phi) is 12.1. The number of unbranched alkanes of at least 4 members (excludes halogenated alkanes) is 6. The molecule has 2 aromatic rings. The number of para-hydroxylation sites is 1. The van der Waals surface area contributed by atoms with Gasteiger partial charge in [-0.1, -0.05) is 64.5 Å². The number of phenolic OH excluding ortho intramolecular Hbond substituents is 3. The first-order valence-electron chi connectivity index (χ1n) is 12.6. The molecule has 0 saturated carbocycles. The molecule has 6 heteroatoms. The van der Waals surface area contributed by atoms with Gasteiger partial charge < -0.3 is 24.8 Å². The average Bonchev–Trinajstić information content (AvgIpc) is 2.82. The number of ether oxygens (including phenoxy) is 2. The highest BCUT2D eigenvalue weighted by molar-refractivity contribution is 5.93. The van der Waals surface area contributed by atoms with Crippen molar-refractivity contribution in [2.45, 2.75) is 84.5 Å². The summed E-state index contributed by atoms with van der Waals surface area (Å²) < 4.78 is 11.3. The smallest absolute Gasteiger partial charge is 0.341 e. The van der Waals surface area contributed by atoms with E-state index in [2.05, 4.69) is 6.92 Å². The first-order chi connectivity index (χ1) is 16.5. The molecule has 0 aromatic heterocycles. The summed E-state index contributed by atoms with van der Waals surface area (Å²) in [4.78, 5) is 12.4. The molecule has 0 atom stereocenters. The number of carbonyl (C=O) groups is 1. The molecule has 3 N–H and O–H groups in total. The third-order valence-corrected chi connectivity index (χ3v) is 5.89. The molecule has 2 aromatic carbocycles. The van der Waals surface area contributed by atoms with E-state index in [4.69, 9.17) is 9.47 Å². The summed E-state index contributed by atoms with van der Waals surface area (Å²) in [6.45, 7) is 5.04. The second-order valence-electron chi connectivity index (χ2n) is 8.68. The number of carbonyl (C=O) groups excluding carboxylic acids is 1. The van der Waals surface area contributed by atoms with Gasteiger partial charge in [0.15, 0.2) is 11.5 Å². The van der Waals surface area contributed by atoms with Crippen molar-refractivity contribution in [3.05, 3.63) is 47.0 Å². The molecule has 0 saturated heterocycles. The molecule has 0 radical (unpaired) electrons. The van der Waals surface area contributed by atoms with Crippen LogP contribution in [0.4, 0.5) is 0 Å². The Morgan fingerprint density at radius 3 is 2.26 bits per heavy atom. The number of rotatable bonds is 16. The van der Waals surface area contributed by atoms with Gasteiger partial charge in [0.25, 0.3) is 0 Å². The van der Waals surface area contributed by atoms with Crippen molar-refractivity contribution in [2.24, 2.45) is 0 Å². The lowest BCUT2D eigenvalue weighted by Gasteiger charge is -2.15. The van der Waals surface area contributed by atoms with Crippen molar-refractivity contribution in [3.63, 3.8) is 0 Å². The van der Waals surface area contributed by atoms with E-state index in [1.807, 2.05) is 13.0 Å². The van der Waals surface area contributed by atoms with E-state index in [-0.39, 0.29) is 22.8 Å². The van der Waals surface area contributed by atoms with Gasteiger partial charge in [-0.15, -0.1) is 0 Å². The monoisotopic (exact) mass is 472 g/mol. The lowest BCUT2D eigenvalue weighted by atomic mass is 10.0. The minimum absolute atomic E-state index is 0.0297. The van der Waals surface area contributed by atoms with Gasteiger partial charge in [-0.3, -0.25) is 0 Å². The highest BCUT2D eigenvalue weighted by atomic mass is 16.5. The van der Waals surface area contributed by atoms with Crippen LogP contribution in [0.15, 0.2) is 30.3 Å². The molecule has 0 spiro atoms. The fourth-order valence-corrected chi connectivity index (χ4v) is 3.91. The molecule has 188 valence electrons. The predicted molar refractivity (Wildman–Crippen MR) is 134 cm³/mol. The van der Waals surface area contributed by atoms with Gasteiger partial charge in [0.2, 0.25) is 0 Å². The van der Waals surface area contributed by atoms with E-state index < -0.39 is 5.97 Å². The van der Waals surface area contributed by atoms with Crippen LogP contribution in [-0.4, -0.2) is 34.5 Å². The zero-order valence-electron chi connectivity index (χ0n) is 20.6. The topological polar surface area (TPSA) is 96.2 Å². The number of esters is 1. The van der Waals surface area contributed by atoms with Crippen LogP contribution in [0.2, 0.25) is 0 Å². The average molecular weight is 473 g/mol. The molecule has 0 heterocycles. The van der Waals surface area contributed by atoms with Crippen molar-refractivity contribution in [1.29, 1.82) is 0 Å². The fraction of sp³-hybridized carbons (Fsp3) is 0.536. The summed E-state index contributed by atoms with van der Waals surface area (Å²) in [5.41, 5.74) is 1.61. The van der Waals surface area contributed by atoms with Crippen molar-refractivity contribution in [1.82, 2.24) is 0 Å². The van der Waals surface area contributed by atoms with E-state index >= 15 is 0 Å². The maximum absolute atomic E-state index is 12.4. The van der Waals surface area contributed by atoms with E-state index in [1.54, 1.807) is 18.2 Å². The van der Waals surface area contributed by atoms with Gasteiger partial charge in [0.1, 0.15) is 17.1 Å². The molecule has 0 aliphatic rings. The molecule has 0 aliphatic heterocycles. The first kappa shape index (κ1) is 27.4. The summed E-state index contributed by atoms with van der Waals surface area (Å²) in [6, 6.07) is 8.37. The van der Waals surface area contributed by atoms with Gasteiger partial charge in [-0.2, -0.15) is 0 Å². The maximum Gasteiger partial charge on any atom is 0.341 e. The number of hydrogen-bond acceptors (Lipinski definition) is 6. The van der Waals surface area contributed by atoms with Crippen molar-refractivity contribution >= 4 is 5.97 Å². The zero-order chi connectivity index (χ0) is 24.8.